The van der Waals surface area contributed by atoms with Gasteiger partial charge in [0.15, 0.2) is 5.60 Å². The lowest BCUT2D eigenvalue weighted by Gasteiger charge is -2.33. The lowest BCUT2D eigenvalue weighted by Crippen LogP contribution is -2.46. The average Bonchev–Trinajstić information content (AvgIpc) is 2.17. The molecule has 4 heteroatoms. The highest BCUT2D eigenvalue weighted by molar-refractivity contribution is 5.77. The van der Waals surface area contributed by atoms with E-state index in [4.69, 9.17) is 4.74 Å². The molecule has 4 nitrogen and oxygen atoms in total. The van der Waals surface area contributed by atoms with Crippen LogP contribution in [0, 0.1) is 0 Å². The molecule has 0 saturated heterocycles. The third-order valence-electron chi connectivity index (χ3n) is 2.79. The molecule has 0 saturated carbocycles. The maximum atomic E-state index is 11.4. The molecule has 16 heavy (non-hydrogen) atoms. The average molecular weight is 232 g/mol. The summed E-state index contributed by atoms with van der Waals surface area (Å²) in [7, 11) is 0. The van der Waals surface area contributed by atoms with E-state index < -0.39 is 23.8 Å². The highest BCUT2D eigenvalue weighted by atomic mass is 16.5. The molecule has 2 atom stereocenters. The zero-order chi connectivity index (χ0) is 12.8. The minimum absolute atomic E-state index is 0.464. The van der Waals surface area contributed by atoms with Crippen LogP contribution in [0.15, 0.2) is 0 Å². The molecule has 0 aromatic carbocycles. The van der Waals surface area contributed by atoms with Gasteiger partial charge in [0.1, 0.15) is 0 Å². The number of ether oxygens (including phenoxy) is 1. The summed E-state index contributed by atoms with van der Waals surface area (Å²) < 4.78 is 5.59. The Morgan fingerprint density at radius 2 is 1.69 bits per heavy atom. The van der Waals surface area contributed by atoms with Crippen LogP contribution in [-0.2, 0) is 9.53 Å². The Hall–Kier alpha value is -0.610. The quantitative estimate of drug-likeness (QED) is 0.673. The SMILES string of the molecule is CCCC(CCC)(OC(C)C(C)O)C(=O)O. The molecule has 0 bridgehead atoms. The molecular formula is C12H24O4. The van der Waals surface area contributed by atoms with Crippen LogP contribution in [0.5, 0.6) is 0 Å². The molecule has 0 radical (unpaired) electrons. The van der Waals surface area contributed by atoms with Crippen LogP contribution in [0.2, 0.25) is 0 Å². The van der Waals surface area contributed by atoms with Gasteiger partial charge in [0, 0.05) is 0 Å². The first kappa shape index (κ1) is 15.4. The van der Waals surface area contributed by atoms with Crippen LogP contribution in [0.1, 0.15) is 53.4 Å². The molecule has 0 aromatic rings. The second-order valence-corrected chi connectivity index (χ2v) is 4.36. The lowest BCUT2D eigenvalue weighted by atomic mass is 9.92. The van der Waals surface area contributed by atoms with Gasteiger partial charge >= 0.3 is 5.97 Å². The molecule has 2 unspecified atom stereocenters. The summed E-state index contributed by atoms with van der Waals surface area (Å²) >= 11 is 0. The Morgan fingerprint density at radius 1 is 1.25 bits per heavy atom. The van der Waals surface area contributed by atoms with Gasteiger partial charge < -0.3 is 14.9 Å². The second-order valence-electron chi connectivity index (χ2n) is 4.36. The fourth-order valence-corrected chi connectivity index (χ4v) is 1.77. The molecule has 0 amide bonds. The number of aliphatic carboxylic acids is 1. The van der Waals surface area contributed by atoms with E-state index in [0.717, 1.165) is 12.8 Å². The van der Waals surface area contributed by atoms with Crippen molar-refractivity contribution in [2.24, 2.45) is 0 Å². The van der Waals surface area contributed by atoms with Gasteiger partial charge in [0.05, 0.1) is 12.2 Å². The summed E-state index contributed by atoms with van der Waals surface area (Å²) in [4.78, 5) is 11.4. The zero-order valence-electron chi connectivity index (χ0n) is 10.7. The van der Waals surface area contributed by atoms with Gasteiger partial charge in [-0.2, -0.15) is 0 Å². The molecule has 0 fully saturated rings. The summed E-state index contributed by atoms with van der Waals surface area (Å²) in [5, 5.41) is 18.7. The van der Waals surface area contributed by atoms with Crippen LogP contribution in [-0.4, -0.2) is 34.0 Å². The van der Waals surface area contributed by atoms with Gasteiger partial charge in [-0.05, 0) is 26.7 Å². The minimum atomic E-state index is -1.14. The predicted octanol–water partition coefficient (Wildman–Crippen LogP) is 2.20. The van der Waals surface area contributed by atoms with Crippen molar-refractivity contribution in [2.75, 3.05) is 0 Å². The molecule has 0 aliphatic carbocycles. The van der Waals surface area contributed by atoms with Crippen LogP contribution in [0.3, 0.4) is 0 Å². The molecule has 0 aliphatic heterocycles. The lowest BCUT2D eigenvalue weighted by molar-refractivity contribution is -0.183. The summed E-state index contributed by atoms with van der Waals surface area (Å²) in [6, 6.07) is 0. The van der Waals surface area contributed by atoms with E-state index in [1.165, 1.54) is 0 Å². The molecule has 2 N–H and O–H groups in total. The van der Waals surface area contributed by atoms with Crippen molar-refractivity contribution in [1.29, 1.82) is 0 Å². The summed E-state index contributed by atoms with van der Waals surface area (Å²) in [5.74, 6) is -0.927. The van der Waals surface area contributed by atoms with Crippen LogP contribution in [0.25, 0.3) is 0 Å². The second kappa shape index (κ2) is 6.86. The highest BCUT2D eigenvalue weighted by Crippen LogP contribution is 2.27. The fourth-order valence-electron chi connectivity index (χ4n) is 1.77. The summed E-state index contributed by atoms with van der Waals surface area (Å²) in [6.07, 6.45) is 1.33. The third kappa shape index (κ3) is 4.10. The van der Waals surface area contributed by atoms with E-state index in [0.29, 0.717) is 12.8 Å². The highest BCUT2D eigenvalue weighted by Gasteiger charge is 2.40. The zero-order valence-corrected chi connectivity index (χ0v) is 10.7. The van der Waals surface area contributed by atoms with Crippen LogP contribution in [0.4, 0.5) is 0 Å². The fraction of sp³-hybridized carbons (Fsp3) is 0.917. The number of carboxylic acid groups (broad SMARTS) is 1. The largest absolute Gasteiger partial charge is 0.479 e. The van der Waals surface area contributed by atoms with Gasteiger partial charge in [-0.3, -0.25) is 0 Å². The Bertz CT molecular complexity index is 207. The molecular weight excluding hydrogens is 208 g/mol. The van der Waals surface area contributed by atoms with Gasteiger partial charge in [0.2, 0.25) is 0 Å². The monoisotopic (exact) mass is 232 g/mol. The van der Waals surface area contributed by atoms with Crippen molar-refractivity contribution in [1.82, 2.24) is 0 Å². The van der Waals surface area contributed by atoms with E-state index in [-0.39, 0.29) is 0 Å². The normalized spacial score (nSPS) is 15.8. The Labute approximate surface area is 97.6 Å². The maximum Gasteiger partial charge on any atom is 0.335 e. The van der Waals surface area contributed by atoms with E-state index in [1.807, 2.05) is 13.8 Å². The maximum absolute atomic E-state index is 11.4. The first-order valence-corrected chi connectivity index (χ1v) is 5.99. The smallest absolute Gasteiger partial charge is 0.335 e. The molecule has 0 spiro atoms. The molecule has 0 heterocycles. The first-order valence-electron chi connectivity index (χ1n) is 5.99. The van der Waals surface area contributed by atoms with Crippen LogP contribution < -0.4 is 0 Å². The number of rotatable bonds is 8. The summed E-state index contributed by atoms with van der Waals surface area (Å²) in [6.45, 7) is 7.18. The topological polar surface area (TPSA) is 66.8 Å². The Morgan fingerprint density at radius 3 is 1.94 bits per heavy atom. The molecule has 0 aliphatic rings. The van der Waals surface area contributed by atoms with Gasteiger partial charge in [0.25, 0.3) is 0 Å². The first-order chi connectivity index (χ1) is 7.39. The summed E-state index contributed by atoms with van der Waals surface area (Å²) in [5.41, 5.74) is -1.14. The van der Waals surface area contributed by atoms with Crippen molar-refractivity contribution in [3.05, 3.63) is 0 Å². The number of aliphatic hydroxyl groups excluding tert-OH is 1. The Kier molecular flexibility index (Phi) is 6.60. The predicted molar refractivity (Wildman–Crippen MR) is 62.4 cm³/mol. The molecule has 0 rings (SSSR count). The van der Waals surface area contributed by atoms with E-state index in [2.05, 4.69) is 0 Å². The van der Waals surface area contributed by atoms with Gasteiger partial charge in [-0.1, -0.05) is 26.7 Å². The van der Waals surface area contributed by atoms with Crippen LogP contribution >= 0.6 is 0 Å². The number of aliphatic hydroxyl groups is 1. The van der Waals surface area contributed by atoms with E-state index >= 15 is 0 Å². The Balaban J connectivity index is 4.80. The number of carboxylic acids is 1. The van der Waals surface area contributed by atoms with Crippen molar-refractivity contribution in [2.45, 2.75) is 71.2 Å². The minimum Gasteiger partial charge on any atom is -0.479 e. The van der Waals surface area contributed by atoms with Crippen molar-refractivity contribution < 1.29 is 19.7 Å². The number of hydrogen-bond acceptors (Lipinski definition) is 3. The number of carbonyl (C=O) groups is 1. The third-order valence-corrected chi connectivity index (χ3v) is 2.79. The van der Waals surface area contributed by atoms with Crippen molar-refractivity contribution >= 4 is 5.97 Å². The van der Waals surface area contributed by atoms with E-state index in [9.17, 15) is 15.0 Å². The molecule has 0 aromatic heterocycles. The van der Waals surface area contributed by atoms with E-state index in [1.54, 1.807) is 13.8 Å². The van der Waals surface area contributed by atoms with Crippen molar-refractivity contribution in [3.63, 3.8) is 0 Å². The number of hydrogen-bond donors (Lipinski definition) is 2. The van der Waals surface area contributed by atoms with Crippen molar-refractivity contribution in [3.8, 4) is 0 Å². The standard InChI is InChI=1S/C12H24O4/c1-5-7-12(8-6-2,11(14)15)16-10(4)9(3)13/h9-10,13H,5-8H2,1-4H3,(H,14,15). The van der Waals surface area contributed by atoms with Gasteiger partial charge in [-0.15, -0.1) is 0 Å². The molecule has 96 valence electrons. The van der Waals surface area contributed by atoms with Gasteiger partial charge in [-0.25, -0.2) is 4.79 Å².